The normalized spacial score (nSPS) is 18.7. The molecule has 1 unspecified atom stereocenters. The van der Waals surface area contributed by atoms with Crippen LogP contribution in [0, 0.1) is 5.92 Å². The molecule has 0 radical (unpaired) electrons. The third-order valence-corrected chi connectivity index (χ3v) is 3.59. The predicted molar refractivity (Wildman–Crippen MR) is 81.7 cm³/mol. The summed E-state index contributed by atoms with van der Waals surface area (Å²) in [5.74, 6) is -0.114. The minimum absolute atomic E-state index is 0.0534. The number of halogens is 1. The fourth-order valence-corrected chi connectivity index (χ4v) is 2.44. The second-order valence-electron chi connectivity index (χ2n) is 6.28. The quantitative estimate of drug-likeness (QED) is 0.781. The van der Waals surface area contributed by atoms with Crippen LogP contribution in [-0.2, 0) is 4.74 Å². The van der Waals surface area contributed by atoms with Gasteiger partial charge in [-0.25, -0.2) is 4.79 Å². The molecule has 0 N–H and O–H groups in total. The summed E-state index contributed by atoms with van der Waals surface area (Å²) >= 11 is 5.82. The van der Waals surface area contributed by atoms with E-state index in [1.54, 1.807) is 29.2 Å². The lowest BCUT2D eigenvalue weighted by Crippen LogP contribution is -2.35. The molecule has 1 aromatic rings. The van der Waals surface area contributed by atoms with Crippen molar-refractivity contribution in [3.63, 3.8) is 0 Å². The van der Waals surface area contributed by atoms with E-state index in [9.17, 15) is 9.59 Å². The van der Waals surface area contributed by atoms with Crippen LogP contribution in [0.2, 0.25) is 5.02 Å². The Morgan fingerprint density at radius 2 is 1.86 bits per heavy atom. The van der Waals surface area contributed by atoms with Crippen molar-refractivity contribution >= 4 is 23.5 Å². The number of carbonyl (C=O) groups excluding carboxylic acids is 2. The van der Waals surface area contributed by atoms with Crippen molar-refractivity contribution in [2.24, 2.45) is 5.92 Å². The molecule has 1 aliphatic heterocycles. The molecule has 21 heavy (non-hydrogen) atoms. The van der Waals surface area contributed by atoms with E-state index in [4.69, 9.17) is 16.3 Å². The molecule has 0 bridgehead atoms. The third kappa shape index (κ3) is 4.21. The van der Waals surface area contributed by atoms with Crippen LogP contribution in [0.15, 0.2) is 24.3 Å². The molecule has 2 rings (SSSR count). The number of benzene rings is 1. The van der Waals surface area contributed by atoms with Gasteiger partial charge in [-0.3, -0.25) is 4.79 Å². The highest BCUT2D eigenvalue weighted by Crippen LogP contribution is 2.23. The third-order valence-electron chi connectivity index (χ3n) is 3.34. The van der Waals surface area contributed by atoms with Crippen molar-refractivity contribution in [3.05, 3.63) is 34.9 Å². The van der Waals surface area contributed by atoms with E-state index in [0.717, 1.165) is 0 Å². The number of ketones is 1. The predicted octanol–water partition coefficient (Wildman–Crippen LogP) is 3.78. The molecule has 1 aromatic carbocycles. The Labute approximate surface area is 130 Å². The highest BCUT2D eigenvalue weighted by Gasteiger charge is 2.33. The number of ether oxygens (including phenoxy) is 1. The first-order valence-corrected chi connectivity index (χ1v) is 7.42. The summed E-state index contributed by atoms with van der Waals surface area (Å²) < 4.78 is 5.33. The Balaban J connectivity index is 1.97. The first kappa shape index (κ1) is 15.8. The van der Waals surface area contributed by atoms with Crippen LogP contribution in [0.1, 0.15) is 37.6 Å². The molecule has 0 aliphatic carbocycles. The molecule has 1 amide bonds. The number of carbonyl (C=O) groups is 2. The highest BCUT2D eigenvalue weighted by atomic mass is 35.5. The van der Waals surface area contributed by atoms with Crippen molar-refractivity contribution in [1.82, 2.24) is 4.90 Å². The van der Waals surface area contributed by atoms with Crippen molar-refractivity contribution in [3.8, 4) is 0 Å². The molecular formula is C16H20ClNO3. The van der Waals surface area contributed by atoms with Crippen molar-refractivity contribution < 1.29 is 14.3 Å². The fraction of sp³-hybridized carbons (Fsp3) is 0.500. The molecule has 0 aromatic heterocycles. The molecule has 1 aliphatic rings. The average Bonchev–Trinajstić information content (AvgIpc) is 2.86. The van der Waals surface area contributed by atoms with Gasteiger partial charge in [-0.2, -0.15) is 0 Å². The molecule has 1 fully saturated rings. The number of amides is 1. The van der Waals surface area contributed by atoms with E-state index < -0.39 is 5.60 Å². The van der Waals surface area contributed by atoms with Crippen molar-refractivity contribution in [2.75, 3.05) is 13.1 Å². The first-order chi connectivity index (χ1) is 9.76. The van der Waals surface area contributed by atoms with Gasteiger partial charge in [-0.15, -0.1) is 0 Å². The Morgan fingerprint density at radius 1 is 1.24 bits per heavy atom. The number of Topliss-reactive ketones (excluding diaryl/α,β-unsaturated/α-hetero) is 1. The van der Waals surface area contributed by atoms with E-state index >= 15 is 0 Å². The van der Waals surface area contributed by atoms with Crippen LogP contribution in [0.3, 0.4) is 0 Å². The van der Waals surface area contributed by atoms with Crippen LogP contribution in [-0.4, -0.2) is 35.5 Å². The maximum atomic E-state index is 12.4. The SMILES string of the molecule is CC(C)(C)OC(=O)N1CCC(C(=O)c2ccc(Cl)cc2)C1. The van der Waals surface area contributed by atoms with Crippen LogP contribution < -0.4 is 0 Å². The Bertz CT molecular complexity index is 533. The summed E-state index contributed by atoms with van der Waals surface area (Å²) in [6, 6.07) is 6.85. The van der Waals surface area contributed by atoms with E-state index in [1.807, 2.05) is 20.8 Å². The van der Waals surface area contributed by atoms with Gasteiger partial charge in [-0.1, -0.05) is 11.6 Å². The van der Waals surface area contributed by atoms with E-state index in [1.165, 1.54) is 0 Å². The summed E-state index contributed by atoms with van der Waals surface area (Å²) in [5, 5.41) is 0.605. The number of hydrogen-bond acceptors (Lipinski definition) is 3. The van der Waals surface area contributed by atoms with Gasteiger partial charge in [0, 0.05) is 29.6 Å². The van der Waals surface area contributed by atoms with E-state index in [0.29, 0.717) is 30.1 Å². The van der Waals surface area contributed by atoms with Gasteiger partial charge in [-0.05, 0) is 51.5 Å². The molecule has 1 heterocycles. The first-order valence-electron chi connectivity index (χ1n) is 7.04. The lowest BCUT2D eigenvalue weighted by atomic mass is 9.97. The fourth-order valence-electron chi connectivity index (χ4n) is 2.32. The zero-order valence-corrected chi connectivity index (χ0v) is 13.3. The minimum atomic E-state index is -0.518. The lowest BCUT2D eigenvalue weighted by molar-refractivity contribution is 0.0289. The Hall–Kier alpha value is -1.55. The summed E-state index contributed by atoms with van der Waals surface area (Å²) in [5.41, 5.74) is 0.116. The topological polar surface area (TPSA) is 46.6 Å². The molecule has 1 saturated heterocycles. The second-order valence-corrected chi connectivity index (χ2v) is 6.72. The maximum absolute atomic E-state index is 12.4. The molecule has 0 spiro atoms. The summed E-state index contributed by atoms with van der Waals surface area (Å²) in [6.07, 6.45) is 0.314. The van der Waals surface area contributed by atoms with Gasteiger partial charge >= 0.3 is 6.09 Å². The molecule has 0 saturated carbocycles. The zero-order valence-electron chi connectivity index (χ0n) is 12.6. The largest absolute Gasteiger partial charge is 0.444 e. The number of hydrogen-bond donors (Lipinski definition) is 0. The van der Waals surface area contributed by atoms with Crippen LogP contribution in [0.5, 0.6) is 0 Å². The summed E-state index contributed by atoms with van der Waals surface area (Å²) in [4.78, 5) is 26.0. The smallest absolute Gasteiger partial charge is 0.410 e. The Kier molecular flexibility index (Phi) is 4.57. The van der Waals surface area contributed by atoms with Crippen LogP contribution in [0.4, 0.5) is 4.79 Å². The highest BCUT2D eigenvalue weighted by molar-refractivity contribution is 6.30. The zero-order chi connectivity index (χ0) is 15.6. The molecule has 4 nitrogen and oxygen atoms in total. The van der Waals surface area contributed by atoms with Crippen molar-refractivity contribution in [2.45, 2.75) is 32.8 Å². The van der Waals surface area contributed by atoms with E-state index in [2.05, 4.69) is 0 Å². The monoisotopic (exact) mass is 309 g/mol. The summed E-state index contributed by atoms with van der Waals surface area (Å²) in [6.45, 7) is 6.46. The van der Waals surface area contributed by atoms with Crippen LogP contribution in [0.25, 0.3) is 0 Å². The molecule has 114 valence electrons. The van der Waals surface area contributed by atoms with Gasteiger partial charge in [0.15, 0.2) is 5.78 Å². The lowest BCUT2D eigenvalue weighted by Gasteiger charge is -2.24. The van der Waals surface area contributed by atoms with Crippen molar-refractivity contribution in [1.29, 1.82) is 0 Å². The van der Waals surface area contributed by atoms with Gasteiger partial charge in [0.05, 0.1) is 0 Å². The van der Waals surface area contributed by atoms with Gasteiger partial charge < -0.3 is 9.64 Å². The average molecular weight is 310 g/mol. The van der Waals surface area contributed by atoms with E-state index in [-0.39, 0.29) is 17.8 Å². The standard InChI is InChI=1S/C16H20ClNO3/c1-16(2,3)21-15(20)18-9-8-12(10-18)14(19)11-4-6-13(17)7-5-11/h4-7,12H,8-10H2,1-3H3. The van der Waals surface area contributed by atoms with Gasteiger partial charge in [0.1, 0.15) is 5.60 Å². The molecule has 5 heteroatoms. The second kappa shape index (κ2) is 6.06. The number of rotatable bonds is 2. The molecular weight excluding hydrogens is 290 g/mol. The van der Waals surface area contributed by atoms with Gasteiger partial charge in [0.25, 0.3) is 0 Å². The number of nitrogens with zero attached hydrogens (tertiary/aromatic N) is 1. The van der Waals surface area contributed by atoms with Gasteiger partial charge in [0.2, 0.25) is 0 Å². The number of likely N-dealkylation sites (tertiary alicyclic amines) is 1. The maximum Gasteiger partial charge on any atom is 0.410 e. The molecule has 1 atom stereocenters. The summed E-state index contributed by atoms with van der Waals surface area (Å²) in [7, 11) is 0. The Morgan fingerprint density at radius 3 is 2.43 bits per heavy atom. The van der Waals surface area contributed by atoms with Crippen LogP contribution >= 0.6 is 11.6 Å². The minimum Gasteiger partial charge on any atom is -0.444 e.